The number of aromatic nitrogens is 1. The summed E-state index contributed by atoms with van der Waals surface area (Å²) in [6.07, 6.45) is 1.95. The average molecular weight is 165 g/mol. The number of amides is 1. The van der Waals surface area contributed by atoms with E-state index in [9.17, 15) is 4.79 Å². The van der Waals surface area contributed by atoms with Crippen LogP contribution < -0.4 is 10.6 Å². The molecule has 64 valence electrons. The molecule has 1 aromatic heterocycles. The number of carbonyl (C=O) groups excluding carboxylic acids is 1. The van der Waals surface area contributed by atoms with Gasteiger partial charge in [-0.3, -0.25) is 4.79 Å². The van der Waals surface area contributed by atoms with Crippen molar-refractivity contribution in [1.29, 1.82) is 0 Å². The van der Waals surface area contributed by atoms with Crippen molar-refractivity contribution in [2.24, 2.45) is 7.05 Å². The van der Waals surface area contributed by atoms with E-state index in [0.29, 0.717) is 6.67 Å². The van der Waals surface area contributed by atoms with Gasteiger partial charge in [0.2, 0.25) is 0 Å². The van der Waals surface area contributed by atoms with Gasteiger partial charge in [-0.05, 0) is 12.5 Å². The van der Waals surface area contributed by atoms with Crippen molar-refractivity contribution in [3.8, 4) is 0 Å². The molecule has 0 saturated carbocycles. The molecule has 1 aromatic rings. The molecule has 4 nitrogen and oxygen atoms in total. The molecular weight excluding hydrogens is 154 g/mol. The van der Waals surface area contributed by atoms with Crippen molar-refractivity contribution in [2.45, 2.75) is 6.92 Å². The SMILES string of the molecule is Cc1cn(C)c2c1C(=O)NCN2. The number of nitrogens with one attached hydrogen (secondary N) is 2. The maximum Gasteiger partial charge on any atom is 0.256 e. The molecule has 0 fully saturated rings. The maximum atomic E-state index is 11.4. The van der Waals surface area contributed by atoms with E-state index in [1.165, 1.54) is 0 Å². The van der Waals surface area contributed by atoms with Crippen molar-refractivity contribution in [2.75, 3.05) is 12.0 Å². The number of fused-ring (bicyclic) bond motifs is 1. The Hall–Kier alpha value is -1.45. The van der Waals surface area contributed by atoms with Gasteiger partial charge >= 0.3 is 0 Å². The Kier molecular flexibility index (Phi) is 1.36. The van der Waals surface area contributed by atoms with Crippen molar-refractivity contribution in [3.05, 3.63) is 17.3 Å². The van der Waals surface area contributed by atoms with E-state index in [4.69, 9.17) is 0 Å². The molecule has 0 atom stereocenters. The van der Waals surface area contributed by atoms with Crippen LogP contribution in [0.5, 0.6) is 0 Å². The highest BCUT2D eigenvalue weighted by Gasteiger charge is 2.21. The summed E-state index contributed by atoms with van der Waals surface area (Å²) in [4.78, 5) is 11.4. The second-order valence-corrected chi connectivity index (χ2v) is 3.01. The van der Waals surface area contributed by atoms with E-state index < -0.39 is 0 Å². The molecule has 2 heterocycles. The Labute approximate surface area is 70.6 Å². The van der Waals surface area contributed by atoms with Crippen molar-refractivity contribution in [3.63, 3.8) is 0 Å². The smallest absolute Gasteiger partial charge is 0.256 e. The minimum absolute atomic E-state index is 0.0156. The lowest BCUT2D eigenvalue weighted by molar-refractivity contribution is 0.0952. The molecule has 0 radical (unpaired) electrons. The van der Waals surface area contributed by atoms with E-state index in [2.05, 4.69) is 10.6 Å². The molecule has 1 aliphatic rings. The molecule has 2 N–H and O–H groups in total. The minimum atomic E-state index is 0.0156. The summed E-state index contributed by atoms with van der Waals surface area (Å²) in [6.45, 7) is 2.45. The third kappa shape index (κ3) is 0.809. The monoisotopic (exact) mass is 165 g/mol. The van der Waals surface area contributed by atoms with Gasteiger partial charge in [0.15, 0.2) is 0 Å². The van der Waals surface area contributed by atoms with E-state index in [-0.39, 0.29) is 5.91 Å². The molecule has 0 aliphatic carbocycles. The molecule has 0 bridgehead atoms. The van der Waals surface area contributed by atoms with Crippen LogP contribution in [0, 0.1) is 6.92 Å². The van der Waals surface area contributed by atoms with Crippen LogP contribution in [0.25, 0.3) is 0 Å². The van der Waals surface area contributed by atoms with Crippen LogP contribution in [0.15, 0.2) is 6.20 Å². The molecule has 0 saturated heterocycles. The summed E-state index contributed by atoms with van der Waals surface area (Å²) in [6, 6.07) is 0. The first-order chi connectivity index (χ1) is 5.70. The number of hydrogen-bond acceptors (Lipinski definition) is 2. The number of anilines is 1. The van der Waals surface area contributed by atoms with Crippen LogP contribution in [0.3, 0.4) is 0 Å². The summed E-state index contributed by atoms with van der Waals surface area (Å²) in [5.41, 5.74) is 1.78. The summed E-state index contributed by atoms with van der Waals surface area (Å²) in [7, 11) is 1.93. The second-order valence-electron chi connectivity index (χ2n) is 3.01. The van der Waals surface area contributed by atoms with Gasteiger partial charge in [0.05, 0.1) is 12.2 Å². The van der Waals surface area contributed by atoms with E-state index in [1.807, 2.05) is 24.7 Å². The molecule has 2 rings (SSSR count). The second kappa shape index (κ2) is 2.27. The van der Waals surface area contributed by atoms with Crippen LogP contribution in [0.2, 0.25) is 0 Å². The normalized spacial score (nSPS) is 15.0. The van der Waals surface area contributed by atoms with Gasteiger partial charge in [-0.1, -0.05) is 0 Å². The Morgan fingerprint density at radius 3 is 2.92 bits per heavy atom. The lowest BCUT2D eigenvalue weighted by Crippen LogP contribution is -2.35. The largest absolute Gasteiger partial charge is 0.353 e. The number of aryl methyl sites for hydroxylation is 2. The first-order valence-electron chi connectivity index (χ1n) is 3.88. The molecule has 4 heteroatoms. The number of nitrogens with zero attached hydrogens (tertiary/aromatic N) is 1. The Morgan fingerprint density at radius 2 is 2.25 bits per heavy atom. The predicted molar refractivity (Wildman–Crippen MR) is 46.1 cm³/mol. The van der Waals surface area contributed by atoms with Gasteiger partial charge in [0.1, 0.15) is 5.82 Å². The maximum absolute atomic E-state index is 11.4. The zero-order valence-electron chi connectivity index (χ0n) is 7.14. The fourth-order valence-electron chi connectivity index (χ4n) is 1.58. The molecule has 1 aliphatic heterocycles. The number of rotatable bonds is 0. The Bertz CT molecular complexity index is 340. The molecule has 1 amide bonds. The molecule has 0 unspecified atom stereocenters. The zero-order chi connectivity index (χ0) is 8.72. The summed E-state index contributed by atoms with van der Waals surface area (Å²) >= 11 is 0. The van der Waals surface area contributed by atoms with Crippen LogP contribution in [-0.2, 0) is 7.05 Å². The van der Waals surface area contributed by atoms with Gasteiger partial charge < -0.3 is 15.2 Å². The highest BCUT2D eigenvalue weighted by molar-refractivity contribution is 6.02. The first-order valence-corrected chi connectivity index (χ1v) is 3.88. The standard InChI is InChI=1S/C8H11N3O/c1-5-3-11(2)7-6(5)8(12)10-4-9-7/h3,9H,4H2,1-2H3,(H,10,12). The molecular formula is C8H11N3O. The van der Waals surface area contributed by atoms with Crippen molar-refractivity contribution in [1.82, 2.24) is 9.88 Å². The fraction of sp³-hybridized carbons (Fsp3) is 0.375. The first kappa shape index (κ1) is 7.21. The van der Waals surface area contributed by atoms with Gasteiger partial charge in [-0.25, -0.2) is 0 Å². The highest BCUT2D eigenvalue weighted by Crippen LogP contribution is 2.22. The van der Waals surface area contributed by atoms with Gasteiger partial charge in [0.25, 0.3) is 5.91 Å². The Balaban J connectivity index is 2.62. The zero-order valence-corrected chi connectivity index (χ0v) is 7.14. The van der Waals surface area contributed by atoms with Crippen LogP contribution in [0.1, 0.15) is 15.9 Å². The lowest BCUT2D eigenvalue weighted by atomic mass is 10.2. The van der Waals surface area contributed by atoms with Crippen LogP contribution >= 0.6 is 0 Å². The fourth-order valence-corrected chi connectivity index (χ4v) is 1.58. The average Bonchev–Trinajstić information content (AvgIpc) is 2.29. The predicted octanol–water partition coefficient (Wildman–Crippen LogP) is 0.446. The van der Waals surface area contributed by atoms with E-state index in [0.717, 1.165) is 16.9 Å². The topological polar surface area (TPSA) is 46.1 Å². The summed E-state index contributed by atoms with van der Waals surface area (Å²) in [5, 5.41) is 5.84. The van der Waals surface area contributed by atoms with Gasteiger partial charge in [-0.2, -0.15) is 0 Å². The quantitative estimate of drug-likeness (QED) is 0.586. The summed E-state index contributed by atoms with van der Waals surface area (Å²) < 4.78 is 1.93. The highest BCUT2D eigenvalue weighted by atomic mass is 16.1. The molecule has 0 spiro atoms. The molecule has 12 heavy (non-hydrogen) atoms. The minimum Gasteiger partial charge on any atom is -0.353 e. The molecule has 0 aromatic carbocycles. The van der Waals surface area contributed by atoms with E-state index >= 15 is 0 Å². The van der Waals surface area contributed by atoms with Crippen LogP contribution in [0.4, 0.5) is 5.82 Å². The third-order valence-corrected chi connectivity index (χ3v) is 2.10. The third-order valence-electron chi connectivity index (χ3n) is 2.10. The van der Waals surface area contributed by atoms with Crippen molar-refractivity contribution < 1.29 is 4.79 Å². The van der Waals surface area contributed by atoms with Gasteiger partial charge in [0, 0.05) is 13.2 Å². The lowest BCUT2D eigenvalue weighted by Gasteiger charge is -2.16. The van der Waals surface area contributed by atoms with Crippen LogP contribution in [-0.4, -0.2) is 17.1 Å². The summed E-state index contributed by atoms with van der Waals surface area (Å²) in [5.74, 6) is 0.929. The van der Waals surface area contributed by atoms with Gasteiger partial charge in [-0.15, -0.1) is 0 Å². The number of carbonyl (C=O) groups is 1. The van der Waals surface area contributed by atoms with Crippen molar-refractivity contribution >= 4 is 11.7 Å². The van der Waals surface area contributed by atoms with E-state index in [1.54, 1.807) is 0 Å². The Morgan fingerprint density at radius 1 is 1.50 bits per heavy atom. The number of hydrogen-bond donors (Lipinski definition) is 2.